The molecule has 3 rings (SSSR count). The number of aliphatic hydroxyl groups excluding tert-OH is 1. The molecule has 1 aromatic carbocycles. The van der Waals surface area contributed by atoms with E-state index in [0.29, 0.717) is 6.42 Å². The van der Waals surface area contributed by atoms with E-state index in [1.165, 1.54) is 4.90 Å². The third-order valence-corrected chi connectivity index (χ3v) is 5.92. The van der Waals surface area contributed by atoms with E-state index in [4.69, 9.17) is 0 Å². The summed E-state index contributed by atoms with van der Waals surface area (Å²) in [6.45, 7) is 4.13. The molecule has 0 radical (unpaired) electrons. The summed E-state index contributed by atoms with van der Waals surface area (Å²) < 4.78 is 0. The van der Waals surface area contributed by atoms with Crippen molar-refractivity contribution in [2.75, 3.05) is 13.2 Å². The first kappa shape index (κ1) is 21.8. The van der Waals surface area contributed by atoms with Crippen LogP contribution in [-0.4, -0.2) is 58.1 Å². The molecule has 0 bridgehead atoms. The number of rotatable bonds is 10. The van der Waals surface area contributed by atoms with Crippen LogP contribution in [0.2, 0.25) is 0 Å². The normalized spacial score (nSPS) is 18.5. The summed E-state index contributed by atoms with van der Waals surface area (Å²) >= 11 is 0. The molecule has 8 nitrogen and oxygen atoms in total. The standard InChI is InChI=1S/C22H30N4O4/c1-3-14(2)19(13-27)24-20(28)9-8-18-21(29)26(22(30)25-18)11-10-15-12-23-17-7-5-4-6-16(15)17/h4-7,12,14,18-19,23,27H,3,8-11,13H2,1-2H3,(H,24,28)(H,25,30)/t14-,18+,19-/m0/s1. The van der Waals surface area contributed by atoms with E-state index < -0.39 is 12.1 Å². The molecule has 2 aromatic rings. The van der Waals surface area contributed by atoms with Crippen molar-refractivity contribution >= 4 is 28.7 Å². The predicted octanol–water partition coefficient (Wildman–Crippen LogP) is 1.93. The number of imide groups is 1. The van der Waals surface area contributed by atoms with Crippen molar-refractivity contribution in [3.05, 3.63) is 36.0 Å². The Balaban J connectivity index is 1.51. The minimum absolute atomic E-state index is 0.111. The Hall–Kier alpha value is -2.87. The number of H-pyrrole nitrogens is 1. The van der Waals surface area contributed by atoms with E-state index in [0.717, 1.165) is 22.9 Å². The molecule has 1 aliphatic heterocycles. The molecule has 2 heterocycles. The molecule has 1 fully saturated rings. The largest absolute Gasteiger partial charge is 0.394 e. The van der Waals surface area contributed by atoms with Gasteiger partial charge in [-0.15, -0.1) is 0 Å². The summed E-state index contributed by atoms with van der Waals surface area (Å²) in [5.41, 5.74) is 2.07. The predicted molar refractivity (Wildman–Crippen MR) is 114 cm³/mol. The Morgan fingerprint density at radius 2 is 2.07 bits per heavy atom. The van der Waals surface area contributed by atoms with E-state index in [9.17, 15) is 19.5 Å². The molecule has 4 amide bonds. The van der Waals surface area contributed by atoms with Gasteiger partial charge in [-0.2, -0.15) is 0 Å². The van der Waals surface area contributed by atoms with Crippen molar-refractivity contribution in [3.63, 3.8) is 0 Å². The first-order chi connectivity index (χ1) is 14.4. The number of fused-ring (bicyclic) bond motifs is 1. The number of nitrogens with one attached hydrogen (secondary N) is 3. The average molecular weight is 415 g/mol. The molecule has 0 unspecified atom stereocenters. The molecule has 1 aromatic heterocycles. The van der Waals surface area contributed by atoms with Gasteiger partial charge in [0.15, 0.2) is 0 Å². The highest BCUT2D eigenvalue weighted by Gasteiger charge is 2.37. The molecule has 0 spiro atoms. The fraction of sp³-hybridized carbons (Fsp3) is 0.500. The van der Waals surface area contributed by atoms with Gasteiger partial charge in [0.1, 0.15) is 6.04 Å². The summed E-state index contributed by atoms with van der Waals surface area (Å²) in [7, 11) is 0. The van der Waals surface area contributed by atoms with Gasteiger partial charge < -0.3 is 20.7 Å². The monoisotopic (exact) mass is 414 g/mol. The zero-order valence-corrected chi connectivity index (χ0v) is 17.5. The summed E-state index contributed by atoms with van der Waals surface area (Å²) in [6.07, 6.45) is 3.65. The van der Waals surface area contributed by atoms with E-state index in [1.807, 2.05) is 44.3 Å². The minimum Gasteiger partial charge on any atom is -0.394 e. The smallest absolute Gasteiger partial charge is 0.324 e. The highest BCUT2D eigenvalue weighted by molar-refractivity contribution is 6.04. The topological polar surface area (TPSA) is 115 Å². The first-order valence-corrected chi connectivity index (χ1v) is 10.5. The molecule has 0 saturated carbocycles. The van der Waals surface area contributed by atoms with Crippen LogP contribution in [0.25, 0.3) is 10.9 Å². The van der Waals surface area contributed by atoms with E-state index >= 15 is 0 Å². The van der Waals surface area contributed by atoms with Crippen LogP contribution < -0.4 is 10.6 Å². The quantitative estimate of drug-likeness (QED) is 0.445. The van der Waals surface area contributed by atoms with Gasteiger partial charge in [-0.3, -0.25) is 14.5 Å². The lowest BCUT2D eigenvalue weighted by molar-refractivity contribution is -0.127. The van der Waals surface area contributed by atoms with Crippen molar-refractivity contribution < 1.29 is 19.5 Å². The summed E-state index contributed by atoms with van der Waals surface area (Å²) in [6, 6.07) is 6.48. The van der Waals surface area contributed by atoms with Crippen molar-refractivity contribution in [1.29, 1.82) is 0 Å². The second-order valence-corrected chi connectivity index (χ2v) is 7.88. The second-order valence-electron chi connectivity index (χ2n) is 7.88. The number of para-hydroxylation sites is 1. The summed E-state index contributed by atoms with van der Waals surface area (Å²) in [5.74, 6) is -0.367. The molecule has 1 aliphatic rings. The molecule has 4 N–H and O–H groups in total. The van der Waals surface area contributed by atoms with Gasteiger partial charge >= 0.3 is 6.03 Å². The maximum absolute atomic E-state index is 12.6. The van der Waals surface area contributed by atoms with E-state index in [1.54, 1.807) is 0 Å². The fourth-order valence-corrected chi connectivity index (χ4v) is 3.76. The average Bonchev–Trinajstić information content (AvgIpc) is 3.28. The van der Waals surface area contributed by atoms with Gasteiger partial charge in [0.25, 0.3) is 5.91 Å². The van der Waals surface area contributed by atoms with E-state index in [-0.39, 0.29) is 49.8 Å². The van der Waals surface area contributed by atoms with Gasteiger partial charge in [-0.25, -0.2) is 4.79 Å². The van der Waals surface area contributed by atoms with Gasteiger partial charge in [0, 0.05) is 30.1 Å². The SMILES string of the molecule is CC[C@H](C)[C@H](CO)NC(=O)CC[C@H]1NC(=O)N(CCc2c[nH]c3ccccc23)C1=O. The number of urea groups is 1. The Morgan fingerprint density at radius 3 is 2.80 bits per heavy atom. The lowest BCUT2D eigenvalue weighted by Gasteiger charge is -2.22. The highest BCUT2D eigenvalue weighted by Crippen LogP contribution is 2.19. The number of nitrogens with zero attached hydrogens (tertiary/aromatic N) is 1. The van der Waals surface area contributed by atoms with Gasteiger partial charge in [-0.1, -0.05) is 38.5 Å². The Labute approximate surface area is 176 Å². The van der Waals surface area contributed by atoms with Crippen molar-refractivity contribution in [2.24, 2.45) is 5.92 Å². The zero-order valence-electron chi connectivity index (χ0n) is 17.5. The first-order valence-electron chi connectivity index (χ1n) is 10.5. The van der Waals surface area contributed by atoms with Crippen molar-refractivity contribution in [1.82, 2.24) is 20.5 Å². The zero-order chi connectivity index (χ0) is 21.7. The summed E-state index contributed by atoms with van der Waals surface area (Å²) in [5, 5.41) is 16.0. The van der Waals surface area contributed by atoms with Crippen LogP contribution in [0.15, 0.2) is 30.5 Å². The van der Waals surface area contributed by atoms with Crippen LogP contribution in [0.3, 0.4) is 0 Å². The van der Waals surface area contributed by atoms with Crippen LogP contribution in [0.4, 0.5) is 4.79 Å². The number of carbonyl (C=O) groups is 3. The van der Waals surface area contributed by atoms with Crippen LogP contribution >= 0.6 is 0 Å². The Bertz CT molecular complexity index is 909. The molecule has 0 aliphatic carbocycles. The number of hydrogen-bond donors (Lipinski definition) is 4. The van der Waals surface area contributed by atoms with Crippen molar-refractivity contribution in [2.45, 2.75) is 51.6 Å². The van der Waals surface area contributed by atoms with Crippen molar-refractivity contribution in [3.8, 4) is 0 Å². The maximum Gasteiger partial charge on any atom is 0.324 e. The Kier molecular flexibility index (Phi) is 7.10. The molecule has 30 heavy (non-hydrogen) atoms. The van der Waals surface area contributed by atoms with Crippen LogP contribution in [0, 0.1) is 5.92 Å². The number of carbonyl (C=O) groups excluding carboxylic acids is 3. The number of aliphatic hydroxyl groups is 1. The molecule has 162 valence electrons. The molecular formula is C22H30N4O4. The molecule has 8 heteroatoms. The highest BCUT2D eigenvalue weighted by atomic mass is 16.3. The van der Waals surface area contributed by atoms with Gasteiger partial charge in [0.05, 0.1) is 12.6 Å². The van der Waals surface area contributed by atoms with Crippen LogP contribution in [0.1, 0.15) is 38.7 Å². The van der Waals surface area contributed by atoms with E-state index in [2.05, 4.69) is 15.6 Å². The molecule has 3 atom stereocenters. The van der Waals surface area contributed by atoms with Crippen LogP contribution in [0.5, 0.6) is 0 Å². The number of benzene rings is 1. The number of aromatic amines is 1. The third kappa shape index (κ3) is 4.81. The second kappa shape index (κ2) is 9.75. The fourth-order valence-electron chi connectivity index (χ4n) is 3.76. The number of aromatic nitrogens is 1. The summed E-state index contributed by atoms with van der Waals surface area (Å²) in [4.78, 5) is 41.5. The maximum atomic E-state index is 12.6. The molecule has 1 saturated heterocycles. The van der Waals surface area contributed by atoms with Crippen LogP contribution in [-0.2, 0) is 16.0 Å². The third-order valence-electron chi connectivity index (χ3n) is 5.92. The Morgan fingerprint density at radius 1 is 1.30 bits per heavy atom. The lowest BCUT2D eigenvalue weighted by Crippen LogP contribution is -2.42. The number of amides is 4. The van der Waals surface area contributed by atoms with Gasteiger partial charge in [0.2, 0.25) is 5.91 Å². The molecular weight excluding hydrogens is 384 g/mol. The number of hydrogen-bond acceptors (Lipinski definition) is 4. The minimum atomic E-state index is -0.692. The van der Waals surface area contributed by atoms with Gasteiger partial charge in [-0.05, 0) is 30.4 Å². The lowest BCUT2D eigenvalue weighted by atomic mass is 9.99.